The van der Waals surface area contributed by atoms with E-state index in [1.165, 1.54) is 0 Å². The highest BCUT2D eigenvalue weighted by Gasteiger charge is 2.18. The molecule has 2 N–H and O–H groups in total. The molecular weight excluding hydrogens is 230 g/mol. The number of rotatable bonds is 7. The van der Waals surface area contributed by atoms with Crippen molar-refractivity contribution in [1.82, 2.24) is 0 Å². The van der Waals surface area contributed by atoms with Gasteiger partial charge in [0.1, 0.15) is 0 Å². The van der Waals surface area contributed by atoms with Gasteiger partial charge in [-0.05, 0) is 37.6 Å². The maximum absolute atomic E-state index is 11.7. The molecule has 1 fully saturated rings. The van der Waals surface area contributed by atoms with E-state index < -0.39 is 0 Å². The van der Waals surface area contributed by atoms with Crippen molar-refractivity contribution < 1.29 is 14.3 Å². The van der Waals surface area contributed by atoms with Gasteiger partial charge in [-0.2, -0.15) is 0 Å². The Hall–Kier alpha value is -0.610. The first-order valence-corrected chi connectivity index (χ1v) is 7.05. The van der Waals surface area contributed by atoms with Crippen LogP contribution in [0.4, 0.5) is 0 Å². The van der Waals surface area contributed by atoms with E-state index in [4.69, 9.17) is 15.2 Å². The molecule has 4 nitrogen and oxygen atoms in total. The molecule has 0 radical (unpaired) electrons. The summed E-state index contributed by atoms with van der Waals surface area (Å²) in [6.45, 7) is 6.91. The van der Waals surface area contributed by atoms with Gasteiger partial charge in [0, 0.05) is 18.9 Å². The summed E-state index contributed by atoms with van der Waals surface area (Å²) in [4.78, 5) is 11.7. The second-order valence-corrected chi connectivity index (χ2v) is 5.70. The summed E-state index contributed by atoms with van der Waals surface area (Å²) < 4.78 is 10.7. The molecule has 0 saturated carbocycles. The minimum Gasteiger partial charge on any atom is -0.465 e. The Morgan fingerprint density at radius 1 is 1.50 bits per heavy atom. The van der Waals surface area contributed by atoms with Crippen LogP contribution in [0.25, 0.3) is 0 Å². The zero-order valence-corrected chi connectivity index (χ0v) is 11.7. The standard InChI is InChI=1S/C14H27NO3/c1-11(2)6-13(8-15)7-14(16)18-10-12-4-3-5-17-9-12/h11-13H,3-10,15H2,1-2H3/t12?,13-/m0/s1. The van der Waals surface area contributed by atoms with Gasteiger partial charge in [-0.3, -0.25) is 4.79 Å². The third-order valence-electron chi connectivity index (χ3n) is 3.33. The SMILES string of the molecule is CC(C)C[C@H](CN)CC(=O)OCC1CCCOC1. The third-order valence-corrected chi connectivity index (χ3v) is 3.33. The van der Waals surface area contributed by atoms with Crippen LogP contribution < -0.4 is 5.73 Å². The van der Waals surface area contributed by atoms with Crippen LogP contribution in [0.5, 0.6) is 0 Å². The van der Waals surface area contributed by atoms with Gasteiger partial charge in [0.25, 0.3) is 0 Å². The Bertz CT molecular complexity index is 237. The predicted molar refractivity (Wildman–Crippen MR) is 71.1 cm³/mol. The summed E-state index contributed by atoms with van der Waals surface area (Å²) in [5.41, 5.74) is 5.68. The molecule has 0 aromatic rings. The molecule has 1 aliphatic rings. The maximum Gasteiger partial charge on any atom is 0.306 e. The Morgan fingerprint density at radius 3 is 2.83 bits per heavy atom. The molecule has 0 amide bonds. The van der Waals surface area contributed by atoms with Crippen LogP contribution in [0.15, 0.2) is 0 Å². The summed E-state index contributed by atoms with van der Waals surface area (Å²) in [6, 6.07) is 0. The van der Waals surface area contributed by atoms with Crippen LogP contribution in [-0.4, -0.2) is 32.3 Å². The van der Waals surface area contributed by atoms with Crippen molar-refractivity contribution in [2.24, 2.45) is 23.5 Å². The summed E-state index contributed by atoms with van der Waals surface area (Å²) in [5.74, 6) is 1.08. The quantitative estimate of drug-likeness (QED) is 0.708. The smallest absolute Gasteiger partial charge is 0.306 e. The number of carbonyl (C=O) groups excluding carboxylic acids is 1. The lowest BCUT2D eigenvalue weighted by Crippen LogP contribution is -2.25. The maximum atomic E-state index is 11.7. The Kier molecular flexibility index (Phi) is 7.28. The van der Waals surface area contributed by atoms with Crippen molar-refractivity contribution in [2.75, 3.05) is 26.4 Å². The van der Waals surface area contributed by atoms with Crippen LogP contribution in [-0.2, 0) is 14.3 Å². The average Bonchev–Trinajstić information content (AvgIpc) is 2.36. The predicted octanol–water partition coefficient (Wildman–Crippen LogP) is 1.97. The number of carbonyl (C=O) groups is 1. The Morgan fingerprint density at radius 2 is 2.28 bits per heavy atom. The van der Waals surface area contributed by atoms with E-state index in [2.05, 4.69) is 13.8 Å². The highest BCUT2D eigenvalue weighted by atomic mass is 16.5. The summed E-state index contributed by atoms with van der Waals surface area (Å²) in [7, 11) is 0. The van der Waals surface area contributed by atoms with Crippen LogP contribution in [0.1, 0.15) is 39.5 Å². The second-order valence-electron chi connectivity index (χ2n) is 5.70. The fraction of sp³-hybridized carbons (Fsp3) is 0.929. The molecule has 0 aromatic heterocycles. The fourth-order valence-corrected chi connectivity index (χ4v) is 2.37. The number of ether oxygens (including phenoxy) is 2. The molecule has 2 atom stereocenters. The zero-order valence-electron chi connectivity index (χ0n) is 11.7. The number of hydrogen-bond donors (Lipinski definition) is 1. The number of nitrogens with two attached hydrogens (primary N) is 1. The van der Waals surface area contributed by atoms with Crippen LogP contribution >= 0.6 is 0 Å². The Balaban J connectivity index is 2.18. The third kappa shape index (κ3) is 6.36. The van der Waals surface area contributed by atoms with Gasteiger partial charge < -0.3 is 15.2 Å². The minimum absolute atomic E-state index is 0.114. The van der Waals surface area contributed by atoms with Crippen LogP contribution in [0.2, 0.25) is 0 Å². The molecule has 0 aromatic carbocycles. The Labute approximate surface area is 110 Å². The van der Waals surface area contributed by atoms with Gasteiger partial charge in [0.05, 0.1) is 13.2 Å². The molecule has 1 heterocycles. The van der Waals surface area contributed by atoms with Crippen molar-refractivity contribution in [1.29, 1.82) is 0 Å². The fourth-order valence-electron chi connectivity index (χ4n) is 2.37. The van der Waals surface area contributed by atoms with E-state index in [1.807, 2.05) is 0 Å². The van der Waals surface area contributed by atoms with Crippen molar-refractivity contribution in [3.05, 3.63) is 0 Å². The van der Waals surface area contributed by atoms with Crippen molar-refractivity contribution in [3.8, 4) is 0 Å². The van der Waals surface area contributed by atoms with Crippen molar-refractivity contribution in [2.45, 2.75) is 39.5 Å². The van der Waals surface area contributed by atoms with E-state index >= 15 is 0 Å². The molecule has 18 heavy (non-hydrogen) atoms. The highest BCUT2D eigenvalue weighted by molar-refractivity contribution is 5.69. The van der Waals surface area contributed by atoms with E-state index in [0.29, 0.717) is 31.4 Å². The molecular formula is C14H27NO3. The molecule has 106 valence electrons. The lowest BCUT2D eigenvalue weighted by atomic mass is 9.94. The van der Waals surface area contributed by atoms with Gasteiger partial charge in [-0.15, -0.1) is 0 Å². The average molecular weight is 257 g/mol. The molecule has 1 saturated heterocycles. The minimum atomic E-state index is -0.114. The topological polar surface area (TPSA) is 61.6 Å². The first kappa shape index (κ1) is 15.4. The second kappa shape index (κ2) is 8.48. The largest absolute Gasteiger partial charge is 0.465 e. The van der Waals surface area contributed by atoms with Gasteiger partial charge in [0.15, 0.2) is 0 Å². The van der Waals surface area contributed by atoms with Crippen LogP contribution in [0.3, 0.4) is 0 Å². The molecule has 0 bridgehead atoms. The number of hydrogen-bond acceptors (Lipinski definition) is 4. The first-order chi connectivity index (χ1) is 8.61. The van der Waals surface area contributed by atoms with Gasteiger partial charge in [-0.1, -0.05) is 13.8 Å². The monoisotopic (exact) mass is 257 g/mol. The van der Waals surface area contributed by atoms with E-state index in [0.717, 1.165) is 32.5 Å². The molecule has 1 rings (SSSR count). The molecule has 1 aliphatic heterocycles. The molecule has 0 aliphatic carbocycles. The van der Waals surface area contributed by atoms with Crippen molar-refractivity contribution >= 4 is 5.97 Å². The van der Waals surface area contributed by atoms with E-state index in [1.54, 1.807) is 0 Å². The normalized spacial score (nSPS) is 21.9. The summed E-state index contributed by atoms with van der Waals surface area (Å²) in [5, 5.41) is 0. The van der Waals surface area contributed by atoms with E-state index in [9.17, 15) is 4.79 Å². The molecule has 4 heteroatoms. The van der Waals surface area contributed by atoms with Gasteiger partial charge in [-0.25, -0.2) is 0 Å². The lowest BCUT2D eigenvalue weighted by Gasteiger charge is -2.22. The lowest BCUT2D eigenvalue weighted by molar-refractivity contribution is -0.147. The first-order valence-electron chi connectivity index (χ1n) is 7.05. The van der Waals surface area contributed by atoms with Crippen LogP contribution in [0, 0.1) is 17.8 Å². The van der Waals surface area contributed by atoms with E-state index in [-0.39, 0.29) is 11.9 Å². The summed E-state index contributed by atoms with van der Waals surface area (Å²) in [6.07, 6.45) is 3.60. The summed E-state index contributed by atoms with van der Waals surface area (Å²) >= 11 is 0. The molecule has 0 spiro atoms. The van der Waals surface area contributed by atoms with Crippen molar-refractivity contribution in [3.63, 3.8) is 0 Å². The van der Waals surface area contributed by atoms with Gasteiger partial charge >= 0.3 is 5.97 Å². The zero-order chi connectivity index (χ0) is 13.4. The number of esters is 1. The molecule has 1 unspecified atom stereocenters. The highest BCUT2D eigenvalue weighted by Crippen LogP contribution is 2.17. The van der Waals surface area contributed by atoms with Gasteiger partial charge in [0.2, 0.25) is 0 Å².